The van der Waals surface area contributed by atoms with E-state index in [1.807, 2.05) is 0 Å². The van der Waals surface area contributed by atoms with Crippen LogP contribution in [0, 0.1) is 0 Å². The fourth-order valence-corrected chi connectivity index (χ4v) is 2.73. The lowest BCUT2D eigenvalue weighted by atomic mass is 10.1. The Morgan fingerprint density at radius 2 is 2.23 bits per heavy atom. The van der Waals surface area contributed by atoms with Crippen molar-refractivity contribution in [1.82, 2.24) is 30.4 Å². The summed E-state index contributed by atoms with van der Waals surface area (Å²) in [5.74, 6) is -0.407. The van der Waals surface area contributed by atoms with Crippen LogP contribution in [0.4, 0.5) is 0 Å². The third-order valence-electron chi connectivity index (χ3n) is 3.77. The minimum absolute atomic E-state index is 0.187. The van der Waals surface area contributed by atoms with Crippen LogP contribution < -0.4 is 5.32 Å². The van der Waals surface area contributed by atoms with E-state index >= 15 is 0 Å². The number of H-pyrrole nitrogens is 1. The molecule has 2 N–H and O–H groups in total. The van der Waals surface area contributed by atoms with Crippen LogP contribution in [0.3, 0.4) is 0 Å². The average Bonchev–Trinajstić information content (AvgIpc) is 3.22. The predicted octanol–water partition coefficient (Wildman–Crippen LogP) is 0.537. The molecule has 0 aliphatic carbocycles. The lowest BCUT2D eigenvalue weighted by Crippen LogP contribution is -2.32. The molecule has 8 heteroatoms. The van der Waals surface area contributed by atoms with Gasteiger partial charge in [-0.1, -0.05) is 0 Å². The molecule has 0 aromatic carbocycles. The van der Waals surface area contributed by atoms with E-state index in [4.69, 9.17) is 0 Å². The minimum Gasteiger partial charge on any atom is -0.355 e. The number of carbonyl (C=O) groups is 2. The zero-order chi connectivity index (χ0) is 15.5. The molecule has 1 fully saturated rings. The van der Waals surface area contributed by atoms with Gasteiger partial charge in [-0.3, -0.25) is 19.7 Å². The first-order chi connectivity index (χ1) is 10.7. The Hall–Kier alpha value is -2.77. The Morgan fingerprint density at radius 1 is 1.36 bits per heavy atom. The number of carbonyl (C=O) groups excluding carboxylic acids is 2. The van der Waals surface area contributed by atoms with Crippen LogP contribution in [0.1, 0.15) is 45.4 Å². The molecule has 1 atom stereocenters. The highest BCUT2D eigenvalue weighted by Crippen LogP contribution is 2.33. The van der Waals surface area contributed by atoms with E-state index in [0.29, 0.717) is 23.5 Å². The van der Waals surface area contributed by atoms with Gasteiger partial charge in [0.05, 0.1) is 29.7 Å². The van der Waals surface area contributed by atoms with Crippen molar-refractivity contribution in [1.29, 1.82) is 0 Å². The van der Waals surface area contributed by atoms with Crippen LogP contribution >= 0.6 is 0 Å². The van der Waals surface area contributed by atoms with E-state index in [0.717, 1.165) is 12.8 Å². The first-order valence-electron chi connectivity index (χ1n) is 7.04. The van der Waals surface area contributed by atoms with Crippen LogP contribution in [0.15, 0.2) is 24.8 Å². The van der Waals surface area contributed by atoms with E-state index in [2.05, 4.69) is 25.5 Å². The van der Waals surface area contributed by atoms with Crippen LogP contribution in [0.25, 0.3) is 0 Å². The number of nitrogens with one attached hydrogen (secondary N) is 2. The summed E-state index contributed by atoms with van der Waals surface area (Å²) in [4.78, 5) is 34.2. The number of amides is 2. The largest absolute Gasteiger partial charge is 0.355 e. The second-order valence-corrected chi connectivity index (χ2v) is 5.02. The van der Waals surface area contributed by atoms with Gasteiger partial charge in [-0.2, -0.15) is 5.10 Å². The van der Waals surface area contributed by atoms with Gasteiger partial charge < -0.3 is 10.2 Å². The van der Waals surface area contributed by atoms with E-state index in [1.54, 1.807) is 11.9 Å². The van der Waals surface area contributed by atoms with Gasteiger partial charge in [0, 0.05) is 26.0 Å². The van der Waals surface area contributed by atoms with Gasteiger partial charge in [0.1, 0.15) is 5.69 Å². The zero-order valence-corrected chi connectivity index (χ0v) is 12.1. The smallest absolute Gasteiger partial charge is 0.274 e. The molecule has 0 radical (unpaired) electrons. The van der Waals surface area contributed by atoms with Crippen molar-refractivity contribution in [2.24, 2.45) is 0 Å². The highest BCUT2D eigenvalue weighted by molar-refractivity contribution is 5.96. The highest BCUT2D eigenvalue weighted by atomic mass is 16.2. The molecule has 114 valence electrons. The summed E-state index contributed by atoms with van der Waals surface area (Å²) in [6, 6.07) is -0.204. The van der Waals surface area contributed by atoms with Gasteiger partial charge in [-0.05, 0) is 12.8 Å². The average molecular weight is 300 g/mol. The Labute approximate surface area is 127 Å². The van der Waals surface area contributed by atoms with Gasteiger partial charge >= 0.3 is 0 Å². The molecule has 0 bridgehead atoms. The molecule has 2 amide bonds. The number of likely N-dealkylation sites (tertiary alicyclic amines) is 1. The van der Waals surface area contributed by atoms with E-state index < -0.39 is 0 Å². The van der Waals surface area contributed by atoms with Crippen molar-refractivity contribution in [2.75, 3.05) is 13.6 Å². The van der Waals surface area contributed by atoms with Gasteiger partial charge in [0.2, 0.25) is 0 Å². The normalized spacial score (nSPS) is 17.5. The van der Waals surface area contributed by atoms with E-state index in [-0.39, 0.29) is 17.9 Å². The van der Waals surface area contributed by atoms with Crippen molar-refractivity contribution in [3.8, 4) is 0 Å². The molecule has 1 unspecified atom stereocenters. The van der Waals surface area contributed by atoms with Crippen LogP contribution in [-0.4, -0.2) is 50.5 Å². The Bertz CT molecular complexity index is 684. The number of aromatic amines is 1. The summed E-state index contributed by atoms with van der Waals surface area (Å²) in [6.45, 7) is 0.617. The van der Waals surface area contributed by atoms with Crippen molar-refractivity contribution in [3.63, 3.8) is 0 Å². The second kappa shape index (κ2) is 5.92. The maximum atomic E-state index is 12.6. The molecule has 1 aliphatic heterocycles. The SMILES string of the molecule is CNC(=O)c1cn[nH]c1C1CCCN1C(=O)c1cnccn1. The predicted molar refractivity (Wildman–Crippen MR) is 77.0 cm³/mol. The maximum Gasteiger partial charge on any atom is 0.274 e. The Balaban J connectivity index is 1.90. The molecule has 3 heterocycles. The lowest BCUT2D eigenvalue weighted by Gasteiger charge is -2.24. The topological polar surface area (TPSA) is 104 Å². The maximum absolute atomic E-state index is 12.6. The Morgan fingerprint density at radius 3 is 2.95 bits per heavy atom. The third kappa shape index (κ3) is 2.43. The molecule has 3 rings (SSSR count). The summed E-state index contributed by atoms with van der Waals surface area (Å²) in [7, 11) is 1.57. The van der Waals surface area contributed by atoms with Crippen molar-refractivity contribution in [3.05, 3.63) is 41.7 Å². The molecular formula is C14H16N6O2. The van der Waals surface area contributed by atoms with Crippen LogP contribution in [0.2, 0.25) is 0 Å². The molecule has 2 aromatic rings. The summed E-state index contributed by atoms with van der Waals surface area (Å²) in [6.07, 6.45) is 7.59. The number of nitrogens with zero attached hydrogens (tertiary/aromatic N) is 4. The number of hydrogen-bond acceptors (Lipinski definition) is 5. The van der Waals surface area contributed by atoms with Crippen LogP contribution in [-0.2, 0) is 0 Å². The molecule has 1 saturated heterocycles. The molecule has 0 spiro atoms. The summed E-state index contributed by atoms with van der Waals surface area (Å²) >= 11 is 0. The highest BCUT2D eigenvalue weighted by Gasteiger charge is 2.34. The van der Waals surface area contributed by atoms with Gasteiger partial charge in [-0.15, -0.1) is 0 Å². The number of hydrogen-bond donors (Lipinski definition) is 2. The van der Waals surface area contributed by atoms with Crippen molar-refractivity contribution < 1.29 is 9.59 Å². The molecule has 1 aliphatic rings. The standard InChI is InChI=1S/C14H16N6O2/c1-15-13(21)9-7-18-19-12(9)11-3-2-6-20(11)14(22)10-8-16-4-5-17-10/h4-5,7-8,11H,2-3,6H2,1H3,(H,15,21)(H,18,19). The fourth-order valence-electron chi connectivity index (χ4n) is 2.73. The summed E-state index contributed by atoms with van der Waals surface area (Å²) in [5.41, 5.74) is 1.43. The third-order valence-corrected chi connectivity index (χ3v) is 3.77. The van der Waals surface area contributed by atoms with Gasteiger partial charge in [0.15, 0.2) is 0 Å². The molecule has 22 heavy (non-hydrogen) atoms. The summed E-state index contributed by atoms with van der Waals surface area (Å²) in [5, 5.41) is 9.39. The first kappa shape index (κ1) is 14.2. The zero-order valence-electron chi connectivity index (χ0n) is 12.1. The lowest BCUT2D eigenvalue weighted by molar-refractivity contribution is 0.0723. The van der Waals surface area contributed by atoms with Crippen LogP contribution in [0.5, 0.6) is 0 Å². The molecular weight excluding hydrogens is 284 g/mol. The van der Waals surface area contributed by atoms with Gasteiger partial charge in [0.25, 0.3) is 11.8 Å². The fraction of sp³-hybridized carbons (Fsp3) is 0.357. The minimum atomic E-state index is -0.220. The first-order valence-corrected chi connectivity index (χ1v) is 7.04. The Kier molecular flexibility index (Phi) is 3.82. The number of rotatable bonds is 3. The molecule has 2 aromatic heterocycles. The molecule has 0 saturated carbocycles. The molecule has 8 nitrogen and oxygen atoms in total. The van der Waals surface area contributed by atoms with Gasteiger partial charge in [-0.25, -0.2) is 4.98 Å². The van der Waals surface area contributed by atoms with E-state index in [1.165, 1.54) is 24.8 Å². The summed E-state index contributed by atoms with van der Waals surface area (Å²) < 4.78 is 0. The number of aromatic nitrogens is 4. The van der Waals surface area contributed by atoms with Crippen molar-refractivity contribution in [2.45, 2.75) is 18.9 Å². The van der Waals surface area contributed by atoms with E-state index in [9.17, 15) is 9.59 Å². The second-order valence-electron chi connectivity index (χ2n) is 5.02. The quantitative estimate of drug-likeness (QED) is 0.861. The van der Waals surface area contributed by atoms with Crippen molar-refractivity contribution >= 4 is 11.8 Å². The monoisotopic (exact) mass is 300 g/mol.